The number of rotatable bonds is 6. The number of nitrogens with one attached hydrogen (secondary N) is 1. The smallest absolute Gasteiger partial charge is 0.260 e. The molecule has 1 N–H and O–H groups in total. The molecule has 0 radical (unpaired) electrons. The quantitative estimate of drug-likeness (QED) is 0.613. The van der Waals surface area contributed by atoms with Crippen molar-refractivity contribution < 1.29 is 19.1 Å². The monoisotopic (exact) mass is 490 g/mol. The van der Waals surface area contributed by atoms with Crippen molar-refractivity contribution in [2.24, 2.45) is 0 Å². The molecule has 1 aliphatic carbocycles. The van der Waals surface area contributed by atoms with Gasteiger partial charge in [0.2, 0.25) is 5.91 Å². The van der Waals surface area contributed by atoms with E-state index in [-0.39, 0.29) is 18.4 Å². The van der Waals surface area contributed by atoms with E-state index in [4.69, 9.17) is 32.7 Å². The molecule has 2 aromatic carbocycles. The minimum absolute atomic E-state index is 0.0239. The summed E-state index contributed by atoms with van der Waals surface area (Å²) in [6.07, 6.45) is 4.53. The second-order valence-corrected chi connectivity index (χ2v) is 9.37. The van der Waals surface area contributed by atoms with Gasteiger partial charge in [0.25, 0.3) is 5.91 Å². The number of hydrogen-bond acceptors (Lipinski definition) is 4. The summed E-state index contributed by atoms with van der Waals surface area (Å²) >= 11 is 12.6. The predicted molar refractivity (Wildman–Crippen MR) is 129 cm³/mol. The molecule has 0 bridgehead atoms. The lowest BCUT2D eigenvalue weighted by Gasteiger charge is -2.37. The molecule has 33 heavy (non-hydrogen) atoms. The number of anilines is 1. The molecule has 1 heterocycles. The summed E-state index contributed by atoms with van der Waals surface area (Å²) in [7, 11) is 0. The third kappa shape index (κ3) is 5.62. The molecule has 2 aromatic rings. The Morgan fingerprint density at radius 1 is 1.00 bits per heavy atom. The van der Waals surface area contributed by atoms with Gasteiger partial charge >= 0.3 is 0 Å². The lowest BCUT2D eigenvalue weighted by Crippen LogP contribution is -2.43. The number of carbonyl (C=O) groups is 2. The van der Waals surface area contributed by atoms with Crippen LogP contribution in [-0.4, -0.2) is 49.6 Å². The van der Waals surface area contributed by atoms with Crippen LogP contribution in [0.25, 0.3) is 0 Å². The minimum atomic E-state index is -0.681. The van der Waals surface area contributed by atoms with Gasteiger partial charge in [-0.1, -0.05) is 48.5 Å². The molecule has 0 aromatic heterocycles. The molecule has 0 atom stereocenters. The van der Waals surface area contributed by atoms with Gasteiger partial charge in [-0.2, -0.15) is 0 Å². The largest absolute Gasteiger partial charge is 0.484 e. The summed E-state index contributed by atoms with van der Waals surface area (Å²) in [6, 6.07) is 12.4. The summed E-state index contributed by atoms with van der Waals surface area (Å²) in [6.45, 7) is 2.27. The Kier molecular flexibility index (Phi) is 7.78. The highest BCUT2D eigenvalue weighted by Crippen LogP contribution is 2.44. The van der Waals surface area contributed by atoms with Crippen molar-refractivity contribution in [2.45, 2.75) is 37.5 Å². The van der Waals surface area contributed by atoms with Gasteiger partial charge in [0, 0.05) is 28.8 Å². The third-order valence-electron chi connectivity index (χ3n) is 6.43. The number of morpholine rings is 1. The second-order valence-electron chi connectivity index (χ2n) is 8.53. The molecular weight excluding hydrogens is 463 g/mol. The molecule has 4 rings (SSSR count). The Morgan fingerprint density at radius 3 is 2.36 bits per heavy atom. The van der Waals surface area contributed by atoms with Crippen molar-refractivity contribution in [2.75, 3.05) is 38.2 Å². The zero-order chi connectivity index (χ0) is 23.3. The molecule has 6 nitrogen and oxygen atoms in total. The van der Waals surface area contributed by atoms with Crippen LogP contribution in [0, 0.1) is 0 Å². The lowest BCUT2D eigenvalue weighted by molar-refractivity contribution is -0.137. The standard InChI is InChI=1S/C25H28Cl2N2O4/c26-18-4-9-21(22(27)16-18)25(10-2-1-3-11-25)24(31)28-19-5-7-20(8-6-19)33-17-23(30)29-12-14-32-15-13-29/h4-9,16H,1-3,10-15,17H2,(H,28,31). The average Bonchev–Trinajstić information content (AvgIpc) is 2.84. The summed E-state index contributed by atoms with van der Waals surface area (Å²) in [5, 5.41) is 4.14. The Labute approximate surface area is 204 Å². The topological polar surface area (TPSA) is 67.9 Å². The number of ether oxygens (including phenoxy) is 2. The molecule has 2 aliphatic rings. The van der Waals surface area contributed by atoms with Crippen molar-refractivity contribution in [3.05, 3.63) is 58.1 Å². The van der Waals surface area contributed by atoms with Crippen LogP contribution < -0.4 is 10.1 Å². The zero-order valence-electron chi connectivity index (χ0n) is 18.4. The zero-order valence-corrected chi connectivity index (χ0v) is 20.0. The van der Waals surface area contributed by atoms with Crippen LogP contribution >= 0.6 is 23.2 Å². The van der Waals surface area contributed by atoms with Gasteiger partial charge in [0.15, 0.2) is 6.61 Å². The molecule has 1 saturated carbocycles. The number of amides is 2. The van der Waals surface area contributed by atoms with Crippen LogP contribution in [0.2, 0.25) is 10.0 Å². The third-order valence-corrected chi connectivity index (χ3v) is 6.97. The van der Waals surface area contributed by atoms with Gasteiger partial charge in [0.05, 0.1) is 18.6 Å². The van der Waals surface area contributed by atoms with Crippen LogP contribution in [0.4, 0.5) is 5.69 Å². The minimum Gasteiger partial charge on any atom is -0.484 e. The van der Waals surface area contributed by atoms with E-state index in [2.05, 4.69) is 5.32 Å². The first-order valence-corrected chi connectivity index (χ1v) is 12.1. The number of halogens is 2. The maximum absolute atomic E-state index is 13.5. The van der Waals surface area contributed by atoms with E-state index in [1.807, 2.05) is 6.07 Å². The first-order chi connectivity index (χ1) is 16.0. The van der Waals surface area contributed by atoms with E-state index in [9.17, 15) is 9.59 Å². The maximum atomic E-state index is 13.5. The first-order valence-electron chi connectivity index (χ1n) is 11.3. The van der Waals surface area contributed by atoms with E-state index in [0.717, 1.165) is 37.7 Å². The van der Waals surface area contributed by atoms with Gasteiger partial charge in [-0.3, -0.25) is 9.59 Å². The maximum Gasteiger partial charge on any atom is 0.260 e. The second kappa shape index (κ2) is 10.8. The Balaban J connectivity index is 1.41. The van der Waals surface area contributed by atoms with Gasteiger partial charge in [0.1, 0.15) is 5.75 Å². The molecule has 2 fully saturated rings. The van der Waals surface area contributed by atoms with E-state index < -0.39 is 5.41 Å². The van der Waals surface area contributed by atoms with Gasteiger partial charge in [-0.05, 0) is 54.8 Å². The average molecular weight is 491 g/mol. The molecule has 176 valence electrons. The van der Waals surface area contributed by atoms with Crippen LogP contribution in [0.5, 0.6) is 5.75 Å². The van der Waals surface area contributed by atoms with E-state index >= 15 is 0 Å². The highest BCUT2D eigenvalue weighted by Gasteiger charge is 2.42. The Morgan fingerprint density at radius 2 is 1.70 bits per heavy atom. The highest BCUT2D eigenvalue weighted by molar-refractivity contribution is 6.35. The molecule has 0 spiro atoms. The fraction of sp³-hybridized carbons (Fsp3) is 0.440. The fourth-order valence-electron chi connectivity index (χ4n) is 4.59. The van der Waals surface area contributed by atoms with Crippen molar-refractivity contribution in [1.82, 2.24) is 4.90 Å². The molecule has 1 aliphatic heterocycles. The Hall–Kier alpha value is -2.28. The highest BCUT2D eigenvalue weighted by atomic mass is 35.5. The van der Waals surface area contributed by atoms with Gasteiger partial charge in [-0.25, -0.2) is 0 Å². The summed E-state index contributed by atoms with van der Waals surface area (Å²) in [5.74, 6) is 0.445. The fourth-order valence-corrected chi connectivity index (χ4v) is 5.18. The number of carbonyl (C=O) groups excluding carboxylic acids is 2. The Bertz CT molecular complexity index is 984. The van der Waals surface area contributed by atoms with Gasteiger partial charge in [-0.15, -0.1) is 0 Å². The summed E-state index contributed by atoms with van der Waals surface area (Å²) in [4.78, 5) is 27.5. The predicted octanol–water partition coefficient (Wildman–Crippen LogP) is 5.07. The van der Waals surface area contributed by atoms with E-state index in [1.165, 1.54) is 0 Å². The van der Waals surface area contributed by atoms with Crippen molar-refractivity contribution in [3.8, 4) is 5.75 Å². The first kappa shape index (κ1) is 23.9. The lowest BCUT2D eigenvalue weighted by atomic mass is 9.68. The number of benzene rings is 2. The SMILES string of the molecule is O=C(COc1ccc(NC(=O)C2(c3ccc(Cl)cc3Cl)CCCCC2)cc1)N1CCOCC1. The van der Waals surface area contributed by atoms with Gasteiger partial charge < -0.3 is 19.7 Å². The molecule has 0 unspecified atom stereocenters. The van der Waals surface area contributed by atoms with Crippen LogP contribution in [0.1, 0.15) is 37.7 Å². The van der Waals surface area contributed by atoms with Crippen molar-refractivity contribution in [1.29, 1.82) is 0 Å². The molecule has 8 heteroatoms. The normalized spacial score (nSPS) is 17.9. The van der Waals surface area contributed by atoms with Crippen LogP contribution in [0.15, 0.2) is 42.5 Å². The summed E-state index contributed by atoms with van der Waals surface area (Å²) < 4.78 is 10.9. The van der Waals surface area contributed by atoms with Crippen molar-refractivity contribution in [3.63, 3.8) is 0 Å². The summed E-state index contributed by atoms with van der Waals surface area (Å²) in [5.41, 5.74) is 0.814. The van der Waals surface area contributed by atoms with Crippen LogP contribution in [-0.2, 0) is 19.7 Å². The molecular formula is C25H28Cl2N2O4. The molecule has 2 amide bonds. The van der Waals surface area contributed by atoms with Crippen LogP contribution in [0.3, 0.4) is 0 Å². The van der Waals surface area contributed by atoms with E-state index in [0.29, 0.717) is 47.8 Å². The number of hydrogen-bond donors (Lipinski definition) is 1. The number of nitrogens with zero attached hydrogens (tertiary/aromatic N) is 1. The van der Waals surface area contributed by atoms with E-state index in [1.54, 1.807) is 41.3 Å². The molecule has 1 saturated heterocycles. The van der Waals surface area contributed by atoms with Crippen molar-refractivity contribution >= 4 is 40.7 Å².